The van der Waals surface area contributed by atoms with Crippen molar-refractivity contribution in [3.05, 3.63) is 53.4 Å². The van der Waals surface area contributed by atoms with Crippen molar-refractivity contribution in [2.75, 3.05) is 0 Å². The van der Waals surface area contributed by atoms with Gasteiger partial charge in [0, 0.05) is 6.07 Å². The van der Waals surface area contributed by atoms with Gasteiger partial charge in [0.2, 0.25) is 0 Å². The van der Waals surface area contributed by atoms with Crippen LogP contribution in [0.1, 0.15) is 23.1 Å². The molecule has 0 unspecified atom stereocenters. The highest BCUT2D eigenvalue weighted by atomic mass is 16.5. The van der Waals surface area contributed by atoms with Crippen molar-refractivity contribution in [1.82, 2.24) is 15.8 Å². The lowest BCUT2D eigenvalue weighted by Crippen LogP contribution is -2.40. The molecule has 2 aromatic rings. The number of urea groups is 1. The van der Waals surface area contributed by atoms with E-state index >= 15 is 0 Å². The van der Waals surface area contributed by atoms with Crippen molar-refractivity contribution in [2.45, 2.75) is 19.5 Å². The van der Waals surface area contributed by atoms with Crippen LogP contribution < -0.4 is 10.6 Å². The number of carbonyl (C=O) groups excluding carboxylic acids is 1. The average Bonchev–Trinajstić information content (AvgIpc) is 2.89. The molecule has 1 heterocycles. The van der Waals surface area contributed by atoms with E-state index in [0.29, 0.717) is 17.0 Å². The number of nitrogens with zero attached hydrogens (tertiary/aromatic N) is 1. The zero-order valence-electron chi connectivity index (χ0n) is 11.4. The molecule has 2 rings (SSSR count). The summed E-state index contributed by atoms with van der Waals surface area (Å²) in [5, 5.41) is 17.8. The molecule has 0 spiro atoms. The lowest BCUT2D eigenvalue weighted by Gasteiger charge is -2.15. The number of hydrogen-bond donors (Lipinski definition) is 3. The van der Waals surface area contributed by atoms with Crippen molar-refractivity contribution in [3.63, 3.8) is 0 Å². The molecule has 7 heteroatoms. The molecule has 1 aromatic carbocycles. The molecule has 0 saturated heterocycles. The first-order valence-electron chi connectivity index (χ1n) is 6.30. The van der Waals surface area contributed by atoms with E-state index in [2.05, 4.69) is 15.8 Å². The Morgan fingerprint density at radius 2 is 2.05 bits per heavy atom. The van der Waals surface area contributed by atoms with Crippen LogP contribution in [0.4, 0.5) is 4.79 Å². The zero-order chi connectivity index (χ0) is 15.2. The molecule has 7 nitrogen and oxygen atoms in total. The standard InChI is InChI=1S/C14H15N3O4/c1-9-7-11(21-17-9)8-15-14(20)16-12(13(18)19)10-5-3-2-4-6-10/h2-7,12H,8H2,1H3,(H,18,19)(H2,15,16,20)/t12-/m1/s1. The van der Waals surface area contributed by atoms with E-state index in [9.17, 15) is 14.7 Å². The number of rotatable bonds is 5. The van der Waals surface area contributed by atoms with Crippen LogP contribution in [-0.4, -0.2) is 22.3 Å². The number of benzene rings is 1. The molecule has 0 aliphatic heterocycles. The minimum absolute atomic E-state index is 0.133. The third kappa shape index (κ3) is 4.07. The third-order valence-electron chi connectivity index (χ3n) is 2.76. The van der Waals surface area contributed by atoms with E-state index in [-0.39, 0.29) is 6.54 Å². The molecule has 1 atom stereocenters. The van der Waals surface area contributed by atoms with Crippen LogP contribution >= 0.6 is 0 Å². The van der Waals surface area contributed by atoms with Crippen LogP contribution in [0.2, 0.25) is 0 Å². The van der Waals surface area contributed by atoms with Crippen LogP contribution in [0.3, 0.4) is 0 Å². The molecule has 1 aromatic heterocycles. The average molecular weight is 289 g/mol. The highest BCUT2D eigenvalue weighted by Gasteiger charge is 2.21. The Bertz CT molecular complexity index is 624. The number of amides is 2. The van der Waals surface area contributed by atoms with Crippen molar-refractivity contribution in [2.24, 2.45) is 0 Å². The number of carbonyl (C=O) groups is 2. The predicted octanol–water partition coefficient (Wildman–Crippen LogP) is 1.61. The summed E-state index contributed by atoms with van der Waals surface area (Å²) in [7, 11) is 0. The van der Waals surface area contributed by atoms with Crippen LogP contribution in [0.25, 0.3) is 0 Å². The number of hydrogen-bond acceptors (Lipinski definition) is 4. The summed E-state index contributed by atoms with van der Waals surface area (Å²) >= 11 is 0. The number of nitrogens with one attached hydrogen (secondary N) is 2. The Balaban J connectivity index is 1.94. The van der Waals surface area contributed by atoms with Gasteiger partial charge in [0.15, 0.2) is 11.8 Å². The molecule has 2 amide bonds. The number of carboxylic acids is 1. The highest BCUT2D eigenvalue weighted by molar-refractivity contribution is 5.83. The van der Waals surface area contributed by atoms with Crippen LogP contribution in [-0.2, 0) is 11.3 Å². The second kappa shape index (κ2) is 6.56. The molecule has 0 bridgehead atoms. The minimum Gasteiger partial charge on any atom is -0.479 e. The van der Waals surface area contributed by atoms with Crippen molar-refractivity contribution >= 4 is 12.0 Å². The maximum absolute atomic E-state index is 11.8. The Labute approximate surface area is 120 Å². The Morgan fingerprint density at radius 1 is 1.33 bits per heavy atom. The summed E-state index contributed by atoms with van der Waals surface area (Å²) in [5.41, 5.74) is 1.20. The first-order valence-corrected chi connectivity index (χ1v) is 6.30. The molecule has 3 N–H and O–H groups in total. The second-order valence-corrected chi connectivity index (χ2v) is 4.44. The van der Waals surface area contributed by atoms with Gasteiger partial charge in [-0.05, 0) is 12.5 Å². The SMILES string of the molecule is Cc1cc(CNC(=O)N[C@@H](C(=O)O)c2ccccc2)on1. The van der Waals surface area contributed by atoms with Crippen molar-refractivity contribution in [3.8, 4) is 0 Å². The molecular weight excluding hydrogens is 274 g/mol. The topological polar surface area (TPSA) is 104 Å². The minimum atomic E-state index is -1.13. The molecule has 0 fully saturated rings. The van der Waals surface area contributed by atoms with Gasteiger partial charge in [-0.25, -0.2) is 9.59 Å². The maximum Gasteiger partial charge on any atom is 0.330 e. The highest BCUT2D eigenvalue weighted by Crippen LogP contribution is 2.12. The Morgan fingerprint density at radius 3 is 2.62 bits per heavy atom. The fraction of sp³-hybridized carbons (Fsp3) is 0.214. The second-order valence-electron chi connectivity index (χ2n) is 4.44. The molecular formula is C14H15N3O4. The van der Waals surface area contributed by atoms with Crippen LogP contribution in [0.15, 0.2) is 40.9 Å². The molecule has 110 valence electrons. The molecule has 0 aliphatic carbocycles. The van der Waals surface area contributed by atoms with Gasteiger partial charge in [-0.15, -0.1) is 0 Å². The number of aromatic nitrogens is 1. The van der Waals surface area contributed by atoms with E-state index in [1.807, 2.05) is 0 Å². The van der Waals surface area contributed by atoms with Gasteiger partial charge >= 0.3 is 12.0 Å². The monoisotopic (exact) mass is 289 g/mol. The summed E-state index contributed by atoms with van der Waals surface area (Å²) in [5.74, 6) is -0.638. The van der Waals surface area contributed by atoms with Gasteiger partial charge in [-0.2, -0.15) is 0 Å². The summed E-state index contributed by atoms with van der Waals surface area (Å²) < 4.78 is 4.94. The quantitative estimate of drug-likeness (QED) is 0.775. The molecule has 21 heavy (non-hydrogen) atoms. The third-order valence-corrected chi connectivity index (χ3v) is 2.76. The summed E-state index contributed by atoms with van der Waals surface area (Å²) in [6, 6.07) is 8.45. The van der Waals surface area contributed by atoms with Crippen molar-refractivity contribution in [1.29, 1.82) is 0 Å². The predicted molar refractivity (Wildman–Crippen MR) is 73.4 cm³/mol. The van der Waals surface area contributed by atoms with E-state index in [4.69, 9.17) is 4.52 Å². The summed E-state index contributed by atoms with van der Waals surface area (Å²) in [4.78, 5) is 23.0. The smallest absolute Gasteiger partial charge is 0.330 e. The fourth-order valence-corrected chi connectivity index (χ4v) is 1.78. The molecule has 0 saturated carbocycles. The largest absolute Gasteiger partial charge is 0.479 e. The van der Waals surface area contributed by atoms with Gasteiger partial charge < -0.3 is 20.3 Å². The van der Waals surface area contributed by atoms with Crippen LogP contribution in [0.5, 0.6) is 0 Å². The molecule has 0 radical (unpaired) electrons. The van der Waals surface area contributed by atoms with E-state index in [0.717, 1.165) is 0 Å². The van der Waals surface area contributed by atoms with E-state index in [1.165, 1.54) is 0 Å². The van der Waals surface area contributed by atoms with Gasteiger partial charge in [0.05, 0.1) is 12.2 Å². The number of aryl methyl sites for hydroxylation is 1. The Kier molecular flexibility index (Phi) is 4.55. The van der Waals surface area contributed by atoms with Gasteiger partial charge in [-0.3, -0.25) is 0 Å². The normalized spacial score (nSPS) is 11.7. The lowest BCUT2D eigenvalue weighted by atomic mass is 10.1. The first kappa shape index (κ1) is 14.6. The van der Waals surface area contributed by atoms with Gasteiger partial charge in [-0.1, -0.05) is 35.5 Å². The summed E-state index contributed by atoms with van der Waals surface area (Å²) in [6.07, 6.45) is 0. The zero-order valence-corrected chi connectivity index (χ0v) is 11.4. The summed E-state index contributed by atoms with van der Waals surface area (Å²) in [6.45, 7) is 1.90. The fourth-order valence-electron chi connectivity index (χ4n) is 1.78. The van der Waals surface area contributed by atoms with Crippen molar-refractivity contribution < 1.29 is 19.2 Å². The lowest BCUT2D eigenvalue weighted by molar-refractivity contribution is -0.139. The number of aliphatic carboxylic acids is 1. The number of carboxylic acid groups (broad SMARTS) is 1. The maximum atomic E-state index is 11.8. The first-order chi connectivity index (χ1) is 10.1. The van der Waals surface area contributed by atoms with E-state index in [1.54, 1.807) is 43.3 Å². The van der Waals surface area contributed by atoms with Gasteiger partial charge in [0.1, 0.15) is 0 Å². The van der Waals surface area contributed by atoms with Crippen LogP contribution in [0, 0.1) is 6.92 Å². The Hall–Kier alpha value is -2.83. The van der Waals surface area contributed by atoms with E-state index < -0.39 is 18.0 Å². The van der Waals surface area contributed by atoms with Gasteiger partial charge in [0.25, 0.3) is 0 Å². The molecule has 0 aliphatic rings.